The lowest BCUT2D eigenvalue weighted by Crippen LogP contribution is -2.50. The minimum atomic E-state index is -1.08. The van der Waals surface area contributed by atoms with E-state index in [4.69, 9.17) is 5.11 Å². The summed E-state index contributed by atoms with van der Waals surface area (Å²) in [7, 11) is 5.99. The van der Waals surface area contributed by atoms with Crippen LogP contribution in [0.25, 0.3) is 0 Å². The fourth-order valence-electron chi connectivity index (χ4n) is 3.86. The molecule has 0 aliphatic carbocycles. The van der Waals surface area contributed by atoms with Gasteiger partial charge in [-0.25, -0.2) is 0 Å². The lowest BCUT2D eigenvalue weighted by atomic mass is 9.91. The van der Waals surface area contributed by atoms with E-state index >= 15 is 0 Å². The van der Waals surface area contributed by atoms with Crippen molar-refractivity contribution in [1.29, 1.82) is 0 Å². The average molecular weight is 373 g/mol. The molecule has 1 unspecified atom stereocenters. The van der Waals surface area contributed by atoms with Gasteiger partial charge in [-0.05, 0) is 6.42 Å². The zero-order valence-corrected chi connectivity index (χ0v) is 18.1. The molecule has 0 aromatic rings. The van der Waals surface area contributed by atoms with E-state index in [1.165, 1.54) is 70.6 Å². The Bertz CT molecular complexity index is 352. The Balaban J connectivity index is 3.68. The van der Waals surface area contributed by atoms with Gasteiger partial charge < -0.3 is 14.7 Å². The standard InChI is InChI=1S/C22H45NO3/c1-5-6-7-8-9-10-11-12-13-14-15-16-17-18-22(26,19-21(24)25)20-23(2,3)4/h26H,5-20H2,1-4H3/p+1. The van der Waals surface area contributed by atoms with Gasteiger partial charge >= 0.3 is 5.97 Å². The minimum absolute atomic E-state index is 0.152. The van der Waals surface area contributed by atoms with Crippen molar-refractivity contribution in [1.82, 2.24) is 0 Å². The number of hydrogen-bond donors (Lipinski definition) is 2. The Morgan fingerprint density at radius 3 is 1.50 bits per heavy atom. The molecule has 0 saturated heterocycles. The monoisotopic (exact) mass is 372 g/mol. The molecule has 26 heavy (non-hydrogen) atoms. The van der Waals surface area contributed by atoms with Crippen LogP contribution >= 0.6 is 0 Å². The van der Waals surface area contributed by atoms with Crippen LogP contribution < -0.4 is 0 Å². The van der Waals surface area contributed by atoms with Gasteiger partial charge in [0.2, 0.25) is 0 Å². The SMILES string of the molecule is CCCCCCCCCCCCCCCC(O)(CC(=O)O)C[N+](C)(C)C. The maximum atomic E-state index is 11.1. The van der Waals surface area contributed by atoms with Gasteiger partial charge in [-0.15, -0.1) is 0 Å². The van der Waals surface area contributed by atoms with Crippen molar-refractivity contribution >= 4 is 5.97 Å². The first-order valence-electron chi connectivity index (χ1n) is 10.9. The van der Waals surface area contributed by atoms with Gasteiger partial charge in [0, 0.05) is 0 Å². The third kappa shape index (κ3) is 16.8. The highest BCUT2D eigenvalue weighted by Gasteiger charge is 2.35. The summed E-state index contributed by atoms with van der Waals surface area (Å²) in [4.78, 5) is 11.1. The number of aliphatic carboxylic acids is 1. The highest BCUT2D eigenvalue weighted by Crippen LogP contribution is 2.23. The number of carboxylic acid groups (broad SMARTS) is 1. The van der Waals surface area contributed by atoms with Gasteiger partial charge in [0.1, 0.15) is 12.1 Å². The molecular weight excluding hydrogens is 326 g/mol. The fourth-order valence-corrected chi connectivity index (χ4v) is 3.86. The summed E-state index contributed by atoms with van der Waals surface area (Å²) < 4.78 is 0.586. The number of aliphatic hydroxyl groups is 1. The highest BCUT2D eigenvalue weighted by molar-refractivity contribution is 5.68. The Morgan fingerprint density at radius 2 is 1.15 bits per heavy atom. The van der Waals surface area contributed by atoms with Crippen LogP contribution in [-0.4, -0.2) is 54.0 Å². The second-order valence-electron chi connectivity index (χ2n) is 9.24. The minimum Gasteiger partial charge on any atom is -0.481 e. The van der Waals surface area contributed by atoms with Gasteiger partial charge in [-0.1, -0.05) is 90.4 Å². The predicted octanol–water partition coefficient (Wildman–Crippen LogP) is 5.38. The molecule has 0 heterocycles. The van der Waals surface area contributed by atoms with Crippen molar-refractivity contribution in [3.05, 3.63) is 0 Å². The summed E-state index contributed by atoms with van der Waals surface area (Å²) in [5.74, 6) is -0.907. The zero-order valence-electron chi connectivity index (χ0n) is 18.1. The van der Waals surface area contributed by atoms with E-state index in [9.17, 15) is 9.90 Å². The van der Waals surface area contributed by atoms with E-state index < -0.39 is 11.6 Å². The van der Waals surface area contributed by atoms with Crippen LogP contribution in [0.2, 0.25) is 0 Å². The molecule has 0 saturated carbocycles. The molecule has 2 N–H and O–H groups in total. The summed E-state index contributed by atoms with van der Waals surface area (Å²) in [5.41, 5.74) is -1.08. The smallest absolute Gasteiger partial charge is 0.306 e. The second kappa shape index (κ2) is 14.4. The van der Waals surface area contributed by atoms with E-state index in [0.29, 0.717) is 17.4 Å². The van der Waals surface area contributed by atoms with Crippen molar-refractivity contribution in [2.45, 2.75) is 109 Å². The fraction of sp³-hybridized carbons (Fsp3) is 0.955. The van der Waals surface area contributed by atoms with E-state index in [1.807, 2.05) is 21.1 Å². The van der Waals surface area contributed by atoms with Crippen molar-refractivity contribution in [3.63, 3.8) is 0 Å². The van der Waals surface area contributed by atoms with E-state index in [0.717, 1.165) is 12.8 Å². The topological polar surface area (TPSA) is 57.5 Å². The summed E-state index contributed by atoms with van der Waals surface area (Å²) in [5, 5.41) is 19.8. The molecule has 0 bridgehead atoms. The highest BCUT2D eigenvalue weighted by atomic mass is 16.4. The van der Waals surface area contributed by atoms with Crippen molar-refractivity contribution in [3.8, 4) is 0 Å². The third-order valence-corrected chi connectivity index (χ3v) is 4.99. The molecule has 0 fully saturated rings. The zero-order chi connectivity index (χ0) is 19.9. The number of likely N-dealkylation sites (N-methyl/N-ethyl adjacent to an activating group) is 1. The number of nitrogens with zero attached hydrogens (tertiary/aromatic N) is 1. The average Bonchev–Trinajstić information content (AvgIpc) is 2.49. The summed E-state index contributed by atoms with van der Waals surface area (Å²) in [6.45, 7) is 2.74. The molecule has 0 aliphatic rings. The number of quaternary nitrogens is 1. The van der Waals surface area contributed by atoms with Crippen LogP contribution in [0, 0.1) is 0 Å². The first-order valence-corrected chi connectivity index (χ1v) is 10.9. The Labute approximate surface area is 162 Å². The lowest BCUT2D eigenvalue weighted by molar-refractivity contribution is -0.877. The van der Waals surface area contributed by atoms with Crippen molar-refractivity contribution in [2.24, 2.45) is 0 Å². The maximum Gasteiger partial charge on any atom is 0.306 e. The number of carbonyl (C=O) groups is 1. The molecule has 0 aliphatic heterocycles. The van der Waals surface area contributed by atoms with E-state index in [-0.39, 0.29) is 6.42 Å². The number of carboxylic acids is 1. The van der Waals surface area contributed by atoms with Gasteiger partial charge in [0.15, 0.2) is 0 Å². The summed E-state index contributed by atoms with van der Waals surface area (Å²) >= 11 is 0. The van der Waals surface area contributed by atoms with Crippen LogP contribution in [0.3, 0.4) is 0 Å². The van der Waals surface area contributed by atoms with Crippen molar-refractivity contribution in [2.75, 3.05) is 27.7 Å². The maximum absolute atomic E-state index is 11.1. The predicted molar refractivity (Wildman–Crippen MR) is 110 cm³/mol. The molecular formula is C22H46NO3+. The lowest BCUT2D eigenvalue weighted by Gasteiger charge is -2.34. The quantitative estimate of drug-likeness (QED) is 0.251. The van der Waals surface area contributed by atoms with Crippen molar-refractivity contribution < 1.29 is 19.5 Å². The number of unbranched alkanes of at least 4 members (excludes halogenated alkanes) is 12. The van der Waals surface area contributed by atoms with Gasteiger partial charge in [-0.2, -0.15) is 0 Å². The molecule has 0 amide bonds. The first-order chi connectivity index (χ1) is 12.2. The Hall–Kier alpha value is -0.610. The first kappa shape index (κ1) is 25.4. The molecule has 0 aromatic carbocycles. The van der Waals surface area contributed by atoms with Crippen LogP contribution in [0.15, 0.2) is 0 Å². The molecule has 1 atom stereocenters. The number of rotatable bonds is 18. The second-order valence-corrected chi connectivity index (χ2v) is 9.24. The Kier molecular flexibility index (Phi) is 14.1. The van der Waals surface area contributed by atoms with Crippen LogP contribution in [-0.2, 0) is 4.79 Å². The number of hydrogen-bond acceptors (Lipinski definition) is 2. The van der Waals surface area contributed by atoms with Crippen LogP contribution in [0.4, 0.5) is 0 Å². The third-order valence-electron chi connectivity index (χ3n) is 4.99. The van der Waals surface area contributed by atoms with E-state index in [1.54, 1.807) is 0 Å². The molecule has 0 rings (SSSR count). The molecule has 0 spiro atoms. The molecule has 156 valence electrons. The summed E-state index contributed by atoms with van der Waals surface area (Å²) in [6.07, 6.45) is 17.2. The Morgan fingerprint density at radius 1 is 0.769 bits per heavy atom. The summed E-state index contributed by atoms with van der Waals surface area (Å²) in [6, 6.07) is 0. The molecule has 0 aromatic heterocycles. The van der Waals surface area contributed by atoms with Crippen LogP contribution in [0.5, 0.6) is 0 Å². The normalized spacial score (nSPS) is 14.3. The van der Waals surface area contributed by atoms with Gasteiger partial charge in [0.25, 0.3) is 0 Å². The van der Waals surface area contributed by atoms with E-state index in [2.05, 4.69) is 6.92 Å². The molecule has 0 radical (unpaired) electrons. The molecule has 4 heteroatoms. The largest absolute Gasteiger partial charge is 0.481 e. The molecule has 4 nitrogen and oxygen atoms in total. The van der Waals surface area contributed by atoms with Gasteiger partial charge in [0.05, 0.1) is 27.6 Å². The van der Waals surface area contributed by atoms with Gasteiger partial charge in [-0.3, -0.25) is 4.79 Å². The van der Waals surface area contributed by atoms with Crippen LogP contribution in [0.1, 0.15) is 103 Å².